The van der Waals surface area contributed by atoms with E-state index < -0.39 is 5.97 Å². The molecular weight excluding hydrogens is 360 g/mol. The van der Waals surface area contributed by atoms with Gasteiger partial charge in [-0.15, -0.1) is 0 Å². The summed E-state index contributed by atoms with van der Waals surface area (Å²) in [5, 5.41) is 15.2. The molecule has 1 N–H and O–H groups in total. The Labute approximate surface area is 164 Å². The minimum atomic E-state index is -0.929. The van der Waals surface area contributed by atoms with E-state index in [0.717, 1.165) is 17.8 Å². The van der Waals surface area contributed by atoms with Gasteiger partial charge in [-0.2, -0.15) is 5.10 Å². The van der Waals surface area contributed by atoms with Gasteiger partial charge in [0.15, 0.2) is 0 Å². The van der Waals surface area contributed by atoms with Crippen LogP contribution < -0.4 is 0 Å². The Kier molecular flexibility index (Phi) is 5.97. The van der Waals surface area contributed by atoms with Gasteiger partial charge in [-0.25, -0.2) is 9.48 Å². The molecule has 0 saturated carbocycles. The molecule has 1 unspecified atom stereocenters. The molecule has 3 aromatic rings. The van der Waals surface area contributed by atoms with Crippen LogP contribution in [0.25, 0.3) is 5.69 Å². The summed E-state index contributed by atoms with van der Waals surface area (Å²) in [4.78, 5) is 12.1. The molecule has 1 atom stereocenters. The highest BCUT2D eigenvalue weighted by Gasteiger charge is 2.25. The first-order chi connectivity index (χ1) is 13.0. The summed E-state index contributed by atoms with van der Waals surface area (Å²) < 4.78 is 1.74. The number of halogens is 1. The molecule has 0 aliphatic carbocycles. The van der Waals surface area contributed by atoms with E-state index in [9.17, 15) is 9.90 Å². The zero-order chi connectivity index (χ0) is 19.4. The molecule has 0 fully saturated rings. The molecule has 0 aliphatic heterocycles. The van der Waals surface area contributed by atoms with Crippen LogP contribution in [0.3, 0.4) is 0 Å². The molecule has 1 heterocycles. The summed E-state index contributed by atoms with van der Waals surface area (Å²) >= 11 is 6.14. The minimum Gasteiger partial charge on any atom is -0.478 e. The van der Waals surface area contributed by atoms with Crippen LogP contribution in [0.15, 0.2) is 54.6 Å². The molecule has 0 saturated heterocycles. The smallest absolute Gasteiger partial charge is 0.339 e. The van der Waals surface area contributed by atoms with Gasteiger partial charge in [0.1, 0.15) is 5.56 Å². The maximum absolute atomic E-state index is 12.1. The van der Waals surface area contributed by atoms with E-state index in [0.29, 0.717) is 29.1 Å². The van der Waals surface area contributed by atoms with Crippen LogP contribution in [0, 0.1) is 0 Å². The van der Waals surface area contributed by atoms with E-state index >= 15 is 0 Å². The van der Waals surface area contributed by atoms with Crippen molar-refractivity contribution in [2.24, 2.45) is 0 Å². The molecule has 3 rings (SSSR count). The van der Waals surface area contributed by atoms with Crippen LogP contribution in [-0.4, -0.2) is 20.9 Å². The summed E-state index contributed by atoms with van der Waals surface area (Å²) in [6, 6.07) is 17.4. The van der Waals surface area contributed by atoms with Crippen molar-refractivity contribution in [3.63, 3.8) is 0 Å². The molecule has 0 spiro atoms. The second kappa shape index (κ2) is 8.40. The maximum atomic E-state index is 12.1. The molecule has 140 valence electrons. The molecule has 0 aliphatic rings. The van der Waals surface area contributed by atoms with Crippen molar-refractivity contribution in [3.8, 4) is 5.69 Å². The number of hydrogen-bond donors (Lipinski definition) is 1. The second-order valence-corrected chi connectivity index (χ2v) is 7.17. The predicted octanol–water partition coefficient (Wildman–Crippen LogP) is 5.52. The largest absolute Gasteiger partial charge is 0.478 e. The number of carboxylic acids is 1. The summed E-state index contributed by atoms with van der Waals surface area (Å²) in [7, 11) is 0. The van der Waals surface area contributed by atoms with Crippen LogP contribution >= 0.6 is 11.6 Å². The van der Waals surface area contributed by atoms with Crippen LogP contribution in [0.1, 0.15) is 53.5 Å². The third-order valence-corrected chi connectivity index (χ3v) is 4.91. The van der Waals surface area contributed by atoms with Crippen molar-refractivity contribution in [2.75, 3.05) is 0 Å². The summed E-state index contributed by atoms with van der Waals surface area (Å²) in [6.07, 6.45) is 2.04. The fourth-order valence-corrected chi connectivity index (χ4v) is 3.56. The van der Waals surface area contributed by atoms with Gasteiger partial charge >= 0.3 is 5.97 Å². The second-order valence-electron chi connectivity index (χ2n) is 6.73. The van der Waals surface area contributed by atoms with E-state index in [4.69, 9.17) is 16.7 Å². The Morgan fingerprint density at radius 2 is 1.93 bits per heavy atom. The lowest BCUT2D eigenvalue weighted by molar-refractivity contribution is 0.0694. The number of aromatic nitrogens is 2. The minimum absolute atomic E-state index is 0.168. The van der Waals surface area contributed by atoms with Crippen LogP contribution in [0.4, 0.5) is 0 Å². The summed E-state index contributed by atoms with van der Waals surface area (Å²) in [5.74, 6) is -0.761. The Hall–Kier alpha value is -2.59. The van der Waals surface area contributed by atoms with Crippen molar-refractivity contribution in [3.05, 3.63) is 82.1 Å². The average molecular weight is 383 g/mol. The van der Waals surface area contributed by atoms with Gasteiger partial charge in [0.25, 0.3) is 0 Å². The van der Waals surface area contributed by atoms with Gasteiger partial charge in [0.2, 0.25) is 0 Å². The first-order valence-corrected chi connectivity index (χ1v) is 9.54. The lowest BCUT2D eigenvalue weighted by atomic mass is 9.94. The molecule has 27 heavy (non-hydrogen) atoms. The quantitative estimate of drug-likeness (QED) is 0.585. The molecule has 2 aromatic carbocycles. The van der Waals surface area contributed by atoms with Crippen molar-refractivity contribution in [1.82, 2.24) is 9.78 Å². The van der Waals surface area contributed by atoms with E-state index in [2.05, 4.69) is 19.1 Å². The van der Waals surface area contributed by atoms with Gasteiger partial charge in [-0.1, -0.05) is 68.3 Å². The third kappa shape index (κ3) is 4.22. The monoisotopic (exact) mass is 382 g/mol. The zero-order valence-electron chi connectivity index (χ0n) is 15.5. The predicted molar refractivity (Wildman–Crippen MR) is 108 cm³/mol. The molecule has 4 nitrogen and oxygen atoms in total. The number of hydrogen-bond acceptors (Lipinski definition) is 2. The molecule has 0 bridgehead atoms. The van der Waals surface area contributed by atoms with Crippen molar-refractivity contribution in [2.45, 2.75) is 39.0 Å². The fourth-order valence-electron chi connectivity index (χ4n) is 3.37. The Balaban J connectivity index is 2.08. The Morgan fingerprint density at radius 1 is 1.19 bits per heavy atom. The highest BCUT2D eigenvalue weighted by atomic mass is 35.5. The summed E-state index contributed by atoms with van der Waals surface area (Å²) in [5.41, 5.74) is 3.61. The first-order valence-electron chi connectivity index (χ1n) is 9.16. The zero-order valence-corrected chi connectivity index (χ0v) is 16.3. The van der Waals surface area contributed by atoms with Crippen LogP contribution in [-0.2, 0) is 12.8 Å². The normalized spacial score (nSPS) is 12.1. The number of benzene rings is 2. The van der Waals surface area contributed by atoms with E-state index in [1.54, 1.807) is 10.7 Å². The SMILES string of the molecule is CCCc1c(C(=O)O)c(CC(C)c2ccccc2)nn1-c1cccc(Cl)c1. The Bertz CT molecular complexity index is 935. The topological polar surface area (TPSA) is 55.1 Å². The van der Waals surface area contributed by atoms with Crippen LogP contribution in [0.5, 0.6) is 0 Å². The average Bonchev–Trinajstić information content (AvgIpc) is 3.01. The molecule has 0 radical (unpaired) electrons. The number of rotatable bonds is 7. The molecule has 1 aromatic heterocycles. The van der Waals surface area contributed by atoms with E-state index in [-0.39, 0.29) is 5.92 Å². The molecular formula is C22H23ClN2O2. The lowest BCUT2D eigenvalue weighted by Gasteiger charge is -2.10. The number of carbonyl (C=O) groups is 1. The molecule has 0 amide bonds. The maximum Gasteiger partial charge on any atom is 0.339 e. The van der Waals surface area contributed by atoms with Gasteiger partial charge in [-0.05, 0) is 42.5 Å². The number of nitrogens with zero attached hydrogens (tertiary/aromatic N) is 2. The summed E-state index contributed by atoms with van der Waals surface area (Å²) in [6.45, 7) is 4.13. The molecule has 5 heteroatoms. The van der Waals surface area contributed by atoms with Gasteiger partial charge < -0.3 is 5.11 Å². The van der Waals surface area contributed by atoms with Crippen molar-refractivity contribution < 1.29 is 9.90 Å². The first kappa shape index (κ1) is 19.2. The van der Waals surface area contributed by atoms with E-state index in [1.807, 2.05) is 43.3 Å². The van der Waals surface area contributed by atoms with Crippen molar-refractivity contribution in [1.29, 1.82) is 0 Å². The highest BCUT2D eigenvalue weighted by Crippen LogP contribution is 2.27. The number of aromatic carboxylic acids is 1. The van der Waals surface area contributed by atoms with Gasteiger partial charge in [0.05, 0.1) is 17.1 Å². The van der Waals surface area contributed by atoms with Gasteiger partial charge in [0, 0.05) is 5.02 Å². The number of carboxylic acid groups (broad SMARTS) is 1. The standard InChI is InChI=1S/C22H23ClN2O2/c1-3-8-20-21(22(26)27)19(13-15(2)16-9-5-4-6-10-16)24-25(20)18-12-7-11-17(23)14-18/h4-7,9-12,14-15H,3,8,13H2,1-2H3,(H,26,27). The fraction of sp³-hybridized carbons (Fsp3) is 0.273. The highest BCUT2D eigenvalue weighted by molar-refractivity contribution is 6.30. The van der Waals surface area contributed by atoms with Crippen LogP contribution in [0.2, 0.25) is 5.02 Å². The van der Waals surface area contributed by atoms with E-state index in [1.165, 1.54) is 5.56 Å². The lowest BCUT2D eigenvalue weighted by Crippen LogP contribution is -2.08. The Morgan fingerprint density at radius 3 is 2.56 bits per heavy atom. The van der Waals surface area contributed by atoms with Crippen molar-refractivity contribution >= 4 is 17.6 Å². The van der Waals surface area contributed by atoms with Gasteiger partial charge in [-0.3, -0.25) is 0 Å². The third-order valence-electron chi connectivity index (χ3n) is 4.68.